The Kier molecular flexibility index (Phi) is 6.77. The zero-order chi connectivity index (χ0) is 13.2. The Morgan fingerprint density at radius 1 is 1.28 bits per heavy atom. The Labute approximate surface area is 107 Å². The zero-order valence-electron chi connectivity index (χ0n) is 10.8. The fourth-order valence-electron chi connectivity index (χ4n) is 1.38. The molecule has 0 N–H and O–H groups in total. The molecule has 0 saturated heterocycles. The van der Waals surface area contributed by atoms with Gasteiger partial charge in [0.1, 0.15) is 6.07 Å². The lowest BCUT2D eigenvalue weighted by Gasteiger charge is -2.16. The summed E-state index contributed by atoms with van der Waals surface area (Å²) in [5.74, 6) is 0.501. The van der Waals surface area contributed by atoms with Gasteiger partial charge in [0.15, 0.2) is 6.29 Å². The maximum absolute atomic E-state index is 8.63. The highest BCUT2D eigenvalue weighted by atomic mass is 16.7. The lowest BCUT2D eigenvalue weighted by Crippen LogP contribution is -2.20. The van der Waals surface area contributed by atoms with Gasteiger partial charge >= 0.3 is 0 Å². The van der Waals surface area contributed by atoms with Gasteiger partial charge in [0.2, 0.25) is 5.88 Å². The number of aromatic nitrogens is 1. The number of ether oxygens (including phenoxy) is 3. The summed E-state index contributed by atoms with van der Waals surface area (Å²) in [5.41, 5.74) is 0.517. The molecular weight excluding hydrogens is 232 g/mol. The van der Waals surface area contributed by atoms with Crippen LogP contribution in [0.4, 0.5) is 0 Å². The first-order chi connectivity index (χ1) is 8.80. The molecule has 0 aliphatic heterocycles. The molecular formula is C13H18N2O3. The Balaban J connectivity index is 2.33. The first kappa shape index (κ1) is 14.4. The van der Waals surface area contributed by atoms with Crippen LogP contribution in [0.15, 0.2) is 18.3 Å². The van der Waals surface area contributed by atoms with Gasteiger partial charge in [-0.15, -0.1) is 0 Å². The van der Waals surface area contributed by atoms with Crippen molar-refractivity contribution in [2.24, 2.45) is 0 Å². The van der Waals surface area contributed by atoms with Crippen molar-refractivity contribution in [2.75, 3.05) is 19.8 Å². The molecule has 0 saturated carbocycles. The van der Waals surface area contributed by atoms with Crippen LogP contribution in [0.2, 0.25) is 0 Å². The number of hydrogen-bond acceptors (Lipinski definition) is 5. The van der Waals surface area contributed by atoms with Crippen molar-refractivity contribution in [3.8, 4) is 11.9 Å². The summed E-state index contributed by atoms with van der Waals surface area (Å²) >= 11 is 0. The van der Waals surface area contributed by atoms with Crippen LogP contribution >= 0.6 is 0 Å². The van der Waals surface area contributed by atoms with Crippen LogP contribution in [0.1, 0.15) is 25.8 Å². The summed E-state index contributed by atoms with van der Waals surface area (Å²) in [4.78, 5) is 4.01. The summed E-state index contributed by atoms with van der Waals surface area (Å²) < 4.78 is 16.2. The number of nitriles is 1. The van der Waals surface area contributed by atoms with Gasteiger partial charge in [-0.1, -0.05) is 0 Å². The summed E-state index contributed by atoms with van der Waals surface area (Å²) in [5, 5.41) is 8.63. The van der Waals surface area contributed by atoms with Crippen LogP contribution in [0.5, 0.6) is 5.88 Å². The first-order valence-corrected chi connectivity index (χ1v) is 6.02. The van der Waals surface area contributed by atoms with Crippen LogP contribution in [0.25, 0.3) is 0 Å². The molecule has 98 valence electrons. The number of hydrogen-bond donors (Lipinski definition) is 0. The van der Waals surface area contributed by atoms with Crippen LogP contribution in [-0.2, 0) is 9.47 Å². The van der Waals surface area contributed by atoms with Crippen LogP contribution in [0.3, 0.4) is 0 Å². The van der Waals surface area contributed by atoms with Gasteiger partial charge in [-0.2, -0.15) is 5.26 Å². The number of pyridine rings is 1. The molecule has 0 unspecified atom stereocenters. The van der Waals surface area contributed by atoms with Crippen molar-refractivity contribution >= 4 is 0 Å². The van der Waals surface area contributed by atoms with E-state index in [1.54, 1.807) is 12.1 Å². The molecule has 0 amide bonds. The molecule has 5 nitrogen and oxygen atoms in total. The molecule has 5 heteroatoms. The summed E-state index contributed by atoms with van der Waals surface area (Å²) in [6, 6.07) is 5.35. The van der Waals surface area contributed by atoms with E-state index < -0.39 is 0 Å². The van der Waals surface area contributed by atoms with Gasteiger partial charge in [-0.05, 0) is 19.9 Å². The number of rotatable bonds is 8. The molecule has 1 rings (SSSR count). The van der Waals surface area contributed by atoms with E-state index >= 15 is 0 Å². The second-order valence-corrected chi connectivity index (χ2v) is 3.47. The molecule has 18 heavy (non-hydrogen) atoms. The highest BCUT2D eigenvalue weighted by molar-refractivity contribution is 5.28. The van der Waals surface area contributed by atoms with E-state index in [-0.39, 0.29) is 6.29 Å². The van der Waals surface area contributed by atoms with E-state index in [1.165, 1.54) is 6.20 Å². The predicted octanol–water partition coefficient (Wildman–Crippen LogP) is 2.12. The number of nitrogens with zero attached hydrogens (tertiary/aromatic N) is 2. The van der Waals surface area contributed by atoms with Crippen molar-refractivity contribution in [2.45, 2.75) is 26.6 Å². The summed E-state index contributed by atoms with van der Waals surface area (Å²) in [6.07, 6.45) is 1.89. The van der Waals surface area contributed by atoms with E-state index in [4.69, 9.17) is 19.5 Å². The third kappa shape index (κ3) is 5.13. The molecule has 0 aliphatic rings. The van der Waals surface area contributed by atoms with Crippen LogP contribution < -0.4 is 4.74 Å². The van der Waals surface area contributed by atoms with Crippen molar-refractivity contribution < 1.29 is 14.2 Å². The largest absolute Gasteiger partial charge is 0.477 e. The average Bonchev–Trinajstić information content (AvgIpc) is 2.40. The van der Waals surface area contributed by atoms with Gasteiger partial charge in [-0.25, -0.2) is 4.98 Å². The quantitative estimate of drug-likeness (QED) is 0.661. The summed E-state index contributed by atoms with van der Waals surface area (Å²) in [6.45, 7) is 5.53. The molecule has 0 atom stereocenters. The Morgan fingerprint density at radius 2 is 2.00 bits per heavy atom. The van der Waals surface area contributed by atoms with Crippen molar-refractivity contribution in [1.82, 2.24) is 4.98 Å². The Morgan fingerprint density at radius 3 is 2.50 bits per heavy atom. The normalized spacial score (nSPS) is 10.3. The Bertz CT molecular complexity index is 367. The Hall–Kier alpha value is -1.64. The summed E-state index contributed by atoms with van der Waals surface area (Å²) in [7, 11) is 0. The maximum atomic E-state index is 8.63. The third-order valence-electron chi connectivity index (χ3n) is 2.17. The van der Waals surface area contributed by atoms with E-state index in [2.05, 4.69) is 4.98 Å². The van der Waals surface area contributed by atoms with E-state index in [9.17, 15) is 0 Å². The molecule has 0 bridgehead atoms. The highest BCUT2D eigenvalue weighted by Gasteiger charge is 2.08. The maximum Gasteiger partial charge on any atom is 0.213 e. The zero-order valence-corrected chi connectivity index (χ0v) is 10.8. The second kappa shape index (κ2) is 8.45. The SMILES string of the molecule is CCOC(CCOc1ccc(C#N)cn1)OCC. The standard InChI is InChI=1S/C13H18N2O3/c1-3-16-13(17-4-2)7-8-18-12-6-5-11(9-14)10-15-12/h5-6,10,13H,3-4,7-8H2,1-2H3. The molecule has 1 heterocycles. The highest BCUT2D eigenvalue weighted by Crippen LogP contribution is 2.08. The lowest BCUT2D eigenvalue weighted by atomic mass is 10.3. The van der Waals surface area contributed by atoms with E-state index in [1.807, 2.05) is 19.9 Å². The molecule has 1 aromatic rings. The predicted molar refractivity (Wildman–Crippen MR) is 66.1 cm³/mol. The van der Waals surface area contributed by atoms with Gasteiger partial charge in [0.05, 0.1) is 12.2 Å². The fourth-order valence-corrected chi connectivity index (χ4v) is 1.38. The van der Waals surface area contributed by atoms with Gasteiger partial charge in [0.25, 0.3) is 0 Å². The molecule has 0 spiro atoms. The van der Waals surface area contributed by atoms with Crippen LogP contribution in [0, 0.1) is 11.3 Å². The topological polar surface area (TPSA) is 64.4 Å². The molecule has 0 radical (unpaired) electrons. The van der Waals surface area contributed by atoms with Gasteiger partial charge in [-0.3, -0.25) is 0 Å². The van der Waals surface area contributed by atoms with Crippen LogP contribution in [-0.4, -0.2) is 31.1 Å². The fraction of sp³-hybridized carbons (Fsp3) is 0.538. The lowest BCUT2D eigenvalue weighted by molar-refractivity contribution is -0.142. The average molecular weight is 250 g/mol. The molecule has 1 aromatic heterocycles. The van der Waals surface area contributed by atoms with Gasteiger partial charge < -0.3 is 14.2 Å². The van der Waals surface area contributed by atoms with Crippen molar-refractivity contribution in [1.29, 1.82) is 5.26 Å². The molecule has 0 fully saturated rings. The minimum absolute atomic E-state index is 0.238. The third-order valence-corrected chi connectivity index (χ3v) is 2.17. The minimum atomic E-state index is -0.238. The molecule has 0 aliphatic carbocycles. The second-order valence-electron chi connectivity index (χ2n) is 3.47. The molecule has 0 aromatic carbocycles. The van der Waals surface area contributed by atoms with Crippen molar-refractivity contribution in [3.05, 3.63) is 23.9 Å². The van der Waals surface area contributed by atoms with E-state index in [0.29, 0.717) is 37.7 Å². The van der Waals surface area contributed by atoms with Gasteiger partial charge in [0, 0.05) is 31.9 Å². The minimum Gasteiger partial charge on any atom is -0.477 e. The monoisotopic (exact) mass is 250 g/mol. The van der Waals surface area contributed by atoms with E-state index in [0.717, 1.165) is 0 Å². The smallest absolute Gasteiger partial charge is 0.213 e. The van der Waals surface area contributed by atoms with Crippen molar-refractivity contribution in [3.63, 3.8) is 0 Å². The first-order valence-electron chi connectivity index (χ1n) is 6.02.